The molecule has 0 radical (unpaired) electrons. The van der Waals surface area contributed by atoms with Gasteiger partial charge in [-0.1, -0.05) is 42.8 Å². The Kier molecular flexibility index (Phi) is 4.73. The largest absolute Gasteiger partial charge is 0.306 e. The van der Waals surface area contributed by atoms with Crippen LogP contribution < -0.4 is 5.32 Å². The molecule has 0 heterocycles. The molecule has 4 heteroatoms. The first kappa shape index (κ1) is 14.9. The van der Waals surface area contributed by atoms with Gasteiger partial charge in [-0.25, -0.2) is 8.78 Å². The number of hydrogen-bond donors (Lipinski definition) is 1. The van der Waals surface area contributed by atoms with Crippen LogP contribution in [0.4, 0.5) is 8.78 Å². The summed E-state index contributed by atoms with van der Waals surface area (Å²) >= 11 is 5.86. The Morgan fingerprint density at radius 2 is 1.70 bits per heavy atom. The molecule has 0 amide bonds. The highest BCUT2D eigenvalue weighted by atomic mass is 35.5. The fraction of sp³-hybridized carbons (Fsp3) is 0.250. The molecule has 0 fully saturated rings. The van der Waals surface area contributed by atoms with Crippen molar-refractivity contribution in [3.8, 4) is 0 Å². The average Bonchev–Trinajstić information content (AvgIpc) is 2.44. The van der Waals surface area contributed by atoms with Crippen LogP contribution in [0.2, 0.25) is 5.02 Å². The van der Waals surface area contributed by atoms with Crippen LogP contribution in [0.15, 0.2) is 36.4 Å². The van der Waals surface area contributed by atoms with Crippen molar-refractivity contribution in [3.05, 3.63) is 69.7 Å². The predicted octanol–water partition coefficient (Wildman–Crippen LogP) is 4.63. The zero-order valence-electron chi connectivity index (χ0n) is 11.4. The van der Waals surface area contributed by atoms with Crippen LogP contribution in [-0.4, -0.2) is 6.54 Å². The third kappa shape index (κ3) is 3.00. The summed E-state index contributed by atoms with van der Waals surface area (Å²) in [6.07, 6.45) is 0. The maximum Gasteiger partial charge on any atom is 0.164 e. The summed E-state index contributed by atoms with van der Waals surface area (Å²) in [6, 6.07) is 9.92. The van der Waals surface area contributed by atoms with Crippen molar-refractivity contribution in [1.29, 1.82) is 0 Å². The summed E-state index contributed by atoms with van der Waals surface area (Å²) in [5.74, 6) is -1.59. The first-order valence-corrected chi connectivity index (χ1v) is 6.85. The van der Waals surface area contributed by atoms with Crippen molar-refractivity contribution in [3.63, 3.8) is 0 Å². The predicted molar refractivity (Wildman–Crippen MR) is 78.1 cm³/mol. The first-order valence-electron chi connectivity index (χ1n) is 6.48. The Hall–Kier alpha value is -1.45. The first-order chi connectivity index (χ1) is 9.54. The van der Waals surface area contributed by atoms with Gasteiger partial charge in [0.15, 0.2) is 11.6 Å². The molecule has 1 unspecified atom stereocenters. The van der Waals surface area contributed by atoms with Gasteiger partial charge in [-0.3, -0.25) is 0 Å². The van der Waals surface area contributed by atoms with Crippen LogP contribution in [0.3, 0.4) is 0 Å². The summed E-state index contributed by atoms with van der Waals surface area (Å²) in [6.45, 7) is 4.11. The van der Waals surface area contributed by atoms with E-state index in [0.29, 0.717) is 22.7 Å². The maximum atomic E-state index is 14.2. The molecule has 2 rings (SSSR count). The highest BCUT2D eigenvalue weighted by molar-refractivity contribution is 6.30. The van der Waals surface area contributed by atoms with E-state index in [9.17, 15) is 8.78 Å². The molecule has 1 atom stereocenters. The van der Waals surface area contributed by atoms with Crippen molar-refractivity contribution < 1.29 is 8.78 Å². The fourth-order valence-corrected chi connectivity index (χ4v) is 2.28. The summed E-state index contributed by atoms with van der Waals surface area (Å²) in [5, 5.41) is 3.78. The van der Waals surface area contributed by atoms with Gasteiger partial charge in [0.05, 0.1) is 6.04 Å². The standard InChI is InChI=1S/C16H16ClF2N/c1-3-20-16(11-5-7-12(17)8-6-11)13-9-4-10(2)14(18)15(13)19/h4-9,16,20H,3H2,1-2H3. The Bertz CT molecular complexity index is 596. The monoisotopic (exact) mass is 295 g/mol. The lowest BCUT2D eigenvalue weighted by Gasteiger charge is -2.20. The molecule has 0 aromatic heterocycles. The number of benzene rings is 2. The highest BCUT2D eigenvalue weighted by Gasteiger charge is 2.20. The molecule has 106 valence electrons. The Morgan fingerprint density at radius 3 is 2.30 bits per heavy atom. The minimum Gasteiger partial charge on any atom is -0.306 e. The second-order valence-electron chi connectivity index (χ2n) is 4.64. The maximum absolute atomic E-state index is 14.2. The van der Waals surface area contributed by atoms with Crippen LogP contribution in [0.25, 0.3) is 0 Å². The van der Waals surface area contributed by atoms with E-state index in [1.54, 1.807) is 31.2 Å². The Morgan fingerprint density at radius 1 is 1.05 bits per heavy atom. The number of aryl methyl sites for hydroxylation is 1. The van der Waals surface area contributed by atoms with Crippen LogP contribution in [-0.2, 0) is 0 Å². The van der Waals surface area contributed by atoms with E-state index in [2.05, 4.69) is 5.32 Å². The van der Waals surface area contributed by atoms with Crippen molar-refractivity contribution in [2.45, 2.75) is 19.9 Å². The fourth-order valence-electron chi connectivity index (χ4n) is 2.15. The Balaban J connectivity index is 2.48. The zero-order chi connectivity index (χ0) is 14.7. The third-order valence-corrected chi connectivity index (χ3v) is 3.48. The van der Waals surface area contributed by atoms with Gasteiger partial charge >= 0.3 is 0 Å². The van der Waals surface area contributed by atoms with Crippen LogP contribution in [0.5, 0.6) is 0 Å². The molecule has 1 N–H and O–H groups in total. The quantitative estimate of drug-likeness (QED) is 0.867. The molecular weight excluding hydrogens is 280 g/mol. The van der Waals surface area contributed by atoms with E-state index < -0.39 is 17.7 Å². The smallest absolute Gasteiger partial charge is 0.164 e. The molecule has 0 saturated carbocycles. The number of nitrogens with one attached hydrogen (secondary N) is 1. The summed E-state index contributed by atoms with van der Waals surface area (Å²) in [5.41, 5.74) is 1.45. The van der Waals surface area contributed by atoms with Gasteiger partial charge in [-0.15, -0.1) is 0 Å². The molecule has 0 bridgehead atoms. The van der Waals surface area contributed by atoms with Crippen LogP contribution >= 0.6 is 11.6 Å². The second kappa shape index (κ2) is 6.33. The minimum atomic E-state index is -0.800. The van der Waals surface area contributed by atoms with Crippen molar-refractivity contribution in [2.75, 3.05) is 6.54 Å². The van der Waals surface area contributed by atoms with Gasteiger partial charge in [-0.2, -0.15) is 0 Å². The van der Waals surface area contributed by atoms with Crippen molar-refractivity contribution in [2.24, 2.45) is 0 Å². The van der Waals surface area contributed by atoms with E-state index in [4.69, 9.17) is 11.6 Å². The molecule has 0 saturated heterocycles. The summed E-state index contributed by atoms with van der Waals surface area (Å²) in [4.78, 5) is 0. The normalized spacial score (nSPS) is 12.4. The molecule has 0 aliphatic rings. The van der Waals surface area contributed by atoms with E-state index >= 15 is 0 Å². The highest BCUT2D eigenvalue weighted by Crippen LogP contribution is 2.27. The molecule has 0 spiro atoms. The summed E-state index contributed by atoms with van der Waals surface area (Å²) < 4.78 is 27.9. The third-order valence-electron chi connectivity index (χ3n) is 3.23. The number of hydrogen-bond acceptors (Lipinski definition) is 1. The van der Waals surface area contributed by atoms with Gasteiger partial charge in [0.1, 0.15) is 0 Å². The molecule has 0 aliphatic carbocycles. The second-order valence-corrected chi connectivity index (χ2v) is 5.08. The molecule has 2 aromatic rings. The van der Waals surface area contributed by atoms with Crippen LogP contribution in [0.1, 0.15) is 29.7 Å². The molecule has 0 aliphatic heterocycles. The Labute approximate surface area is 122 Å². The lowest BCUT2D eigenvalue weighted by atomic mass is 9.97. The van der Waals surface area contributed by atoms with E-state index in [1.165, 1.54) is 0 Å². The topological polar surface area (TPSA) is 12.0 Å². The minimum absolute atomic E-state index is 0.303. The van der Waals surface area contributed by atoms with Crippen LogP contribution in [0, 0.1) is 18.6 Å². The van der Waals surface area contributed by atoms with Gasteiger partial charge in [0.2, 0.25) is 0 Å². The number of halogens is 3. The van der Waals surface area contributed by atoms with Gasteiger partial charge in [-0.05, 0) is 36.7 Å². The molecule has 20 heavy (non-hydrogen) atoms. The van der Waals surface area contributed by atoms with Crippen molar-refractivity contribution in [1.82, 2.24) is 5.32 Å². The lowest BCUT2D eigenvalue weighted by molar-refractivity contribution is 0.478. The number of rotatable bonds is 4. The SMILES string of the molecule is CCNC(c1ccc(Cl)cc1)c1ccc(C)c(F)c1F. The van der Waals surface area contributed by atoms with E-state index in [-0.39, 0.29) is 0 Å². The lowest BCUT2D eigenvalue weighted by Crippen LogP contribution is -2.23. The van der Waals surface area contributed by atoms with Gasteiger partial charge in [0, 0.05) is 10.6 Å². The zero-order valence-corrected chi connectivity index (χ0v) is 12.1. The average molecular weight is 296 g/mol. The molecule has 1 nitrogen and oxygen atoms in total. The van der Waals surface area contributed by atoms with E-state index in [0.717, 1.165) is 5.56 Å². The molecular formula is C16H16ClF2N. The van der Waals surface area contributed by atoms with E-state index in [1.807, 2.05) is 19.1 Å². The van der Waals surface area contributed by atoms with Gasteiger partial charge in [0.25, 0.3) is 0 Å². The summed E-state index contributed by atoms with van der Waals surface area (Å²) in [7, 11) is 0. The molecule has 2 aromatic carbocycles. The van der Waals surface area contributed by atoms with Crippen molar-refractivity contribution >= 4 is 11.6 Å². The van der Waals surface area contributed by atoms with Gasteiger partial charge < -0.3 is 5.32 Å².